The van der Waals surface area contributed by atoms with Crippen molar-refractivity contribution in [3.05, 3.63) is 71.3 Å². The smallest absolute Gasteiger partial charge is 0.170 e. The zero-order chi connectivity index (χ0) is 28.5. The van der Waals surface area contributed by atoms with Crippen molar-refractivity contribution in [1.29, 1.82) is 0 Å². The molecule has 2 atom stereocenters. The van der Waals surface area contributed by atoms with Gasteiger partial charge in [0.25, 0.3) is 0 Å². The van der Waals surface area contributed by atoms with Crippen LogP contribution in [-0.2, 0) is 6.42 Å². The lowest BCUT2D eigenvalue weighted by Gasteiger charge is -2.32. The van der Waals surface area contributed by atoms with Crippen LogP contribution in [0.3, 0.4) is 0 Å². The lowest BCUT2D eigenvalue weighted by molar-refractivity contribution is 0.0762. The van der Waals surface area contributed by atoms with Crippen molar-refractivity contribution in [3.8, 4) is 22.3 Å². The van der Waals surface area contributed by atoms with Crippen LogP contribution in [0.4, 0.5) is 0 Å². The molecule has 3 saturated heterocycles. The number of hydrogen-bond acceptors (Lipinski definition) is 6. The Morgan fingerprint density at radius 2 is 1.28 bits per heavy atom. The molecule has 5 N–H and O–H groups in total. The van der Waals surface area contributed by atoms with Crippen molar-refractivity contribution >= 4 is 27.9 Å². The first kappa shape index (κ1) is 25.6. The average molecular weight is 572 g/mol. The predicted octanol–water partition coefficient (Wildman–Crippen LogP) is 5.73. The molecule has 0 unspecified atom stereocenters. The molecule has 8 nitrogen and oxygen atoms in total. The highest BCUT2D eigenvalue weighted by Gasteiger charge is 2.48. The molecule has 0 amide bonds. The standard InChI is InChI=1S/C35H37N7O/c43-32-31-23(21-6-10-26-30(18-21)42-34(40-26)28-4-2-14-38-28)8-7-22(24(31)19-35(32)11-15-36-16-12-35)20-5-9-25-29(17-20)41-33(39-25)27-3-1-13-37-27/h5-10,17-18,27-28,36-38H,1-4,11-16,19H2,(H,39,41)(H,40,42)/t27-,28-/m0/s1. The van der Waals surface area contributed by atoms with Crippen LogP contribution in [0.25, 0.3) is 44.3 Å². The van der Waals surface area contributed by atoms with Gasteiger partial charge in [0.1, 0.15) is 11.6 Å². The van der Waals surface area contributed by atoms with Crippen molar-refractivity contribution in [2.45, 2.75) is 57.0 Å². The van der Waals surface area contributed by atoms with Crippen LogP contribution in [0.5, 0.6) is 0 Å². The molecule has 3 aliphatic heterocycles. The maximum Gasteiger partial charge on any atom is 0.170 e. The van der Waals surface area contributed by atoms with Crippen molar-refractivity contribution in [1.82, 2.24) is 35.9 Å². The number of fused-ring (bicyclic) bond motifs is 3. The number of carbonyl (C=O) groups excluding carboxylic acids is 1. The monoisotopic (exact) mass is 571 g/mol. The van der Waals surface area contributed by atoms with E-state index in [1.165, 1.54) is 18.4 Å². The first-order valence-corrected chi connectivity index (χ1v) is 16.0. The van der Waals surface area contributed by atoms with E-state index in [0.717, 1.165) is 120 Å². The van der Waals surface area contributed by atoms with Crippen LogP contribution < -0.4 is 16.0 Å². The third-order valence-corrected chi connectivity index (χ3v) is 10.5. The summed E-state index contributed by atoms with van der Waals surface area (Å²) in [5.74, 6) is 2.35. The van der Waals surface area contributed by atoms with E-state index in [1.54, 1.807) is 0 Å². The van der Waals surface area contributed by atoms with E-state index >= 15 is 0 Å². The number of nitrogens with zero attached hydrogens (tertiary/aromatic N) is 2. The lowest BCUT2D eigenvalue weighted by atomic mass is 9.75. The van der Waals surface area contributed by atoms with Gasteiger partial charge in [-0.1, -0.05) is 24.3 Å². The van der Waals surface area contributed by atoms with Crippen molar-refractivity contribution < 1.29 is 4.79 Å². The van der Waals surface area contributed by atoms with Crippen molar-refractivity contribution in [2.75, 3.05) is 26.2 Å². The predicted molar refractivity (Wildman–Crippen MR) is 169 cm³/mol. The molecular weight excluding hydrogens is 534 g/mol. The van der Waals surface area contributed by atoms with Gasteiger partial charge in [-0.2, -0.15) is 0 Å². The third kappa shape index (κ3) is 4.11. The Hall–Kier alpha value is -3.85. The van der Waals surface area contributed by atoms with Crippen LogP contribution in [0, 0.1) is 5.41 Å². The van der Waals surface area contributed by atoms with Gasteiger partial charge in [-0.25, -0.2) is 9.97 Å². The Morgan fingerprint density at radius 1 is 0.698 bits per heavy atom. The minimum atomic E-state index is -0.322. The molecule has 9 rings (SSSR count). The number of carbonyl (C=O) groups is 1. The second-order valence-electron chi connectivity index (χ2n) is 13.1. The molecule has 0 radical (unpaired) electrons. The largest absolute Gasteiger partial charge is 0.341 e. The van der Waals surface area contributed by atoms with Gasteiger partial charge in [-0.15, -0.1) is 0 Å². The quantitative estimate of drug-likeness (QED) is 0.188. The number of aromatic amines is 2. The molecule has 0 saturated carbocycles. The van der Waals surface area contributed by atoms with Gasteiger partial charge in [0.2, 0.25) is 0 Å². The van der Waals surface area contributed by atoms with E-state index in [4.69, 9.17) is 9.97 Å². The summed E-state index contributed by atoms with van der Waals surface area (Å²) in [4.78, 5) is 31.4. The molecular formula is C35H37N7O. The number of rotatable bonds is 4. The van der Waals surface area contributed by atoms with Gasteiger partial charge in [0.05, 0.1) is 34.2 Å². The number of ketones is 1. The van der Waals surface area contributed by atoms with Gasteiger partial charge in [-0.3, -0.25) is 4.79 Å². The zero-order valence-electron chi connectivity index (χ0n) is 24.4. The maximum absolute atomic E-state index is 14.5. The fraction of sp³-hybridized carbons (Fsp3) is 0.400. The van der Waals surface area contributed by atoms with Gasteiger partial charge < -0.3 is 25.9 Å². The first-order valence-electron chi connectivity index (χ1n) is 16.0. The van der Waals surface area contributed by atoms with E-state index in [-0.39, 0.29) is 5.41 Å². The SMILES string of the molecule is O=C1c2c(-c3ccc4nc([C@@H]5CCCN5)[nH]c4c3)ccc(-c3ccc4nc([C@@H]5CCCN5)[nH]c4c3)c2CC12CCNCC2. The molecule has 4 aliphatic rings. The first-order chi connectivity index (χ1) is 21.1. The molecule has 3 aromatic carbocycles. The molecule has 8 heteroatoms. The van der Waals surface area contributed by atoms with E-state index in [2.05, 4.69) is 74.4 Å². The number of benzene rings is 3. The summed E-state index contributed by atoms with van der Waals surface area (Å²) in [5, 5.41) is 10.6. The van der Waals surface area contributed by atoms with Crippen LogP contribution in [0.2, 0.25) is 0 Å². The molecule has 5 heterocycles. The number of hydrogen-bond donors (Lipinski definition) is 5. The lowest BCUT2D eigenvalue weighted by Crippen LogP contribution is -2.40. The number of piperidine rings is 1. The highest BCUT2D eigenvalue weighted by Crippen LogP contribution is 2.49. The van der Waals surface area contributed by atoms with E-state index < -0.39 is 0 Å². The number of aromatic nitrogens is 4. The minimum Gasteiger partial charge on any atom is -0.341 e. The molecule has 43 heavy (non-hydrogen) atoms. The Morgan fingerprint density at radius 3 is 1.86 bits per heavy atom. The second-order valence-corrected chi connectivity index (χ2v) is 13.1. The van der Waals surface area contributed by atoms with Crippen LogP contribution in [-0.4, -0.2) is 51.9 Å². The van der Waals surface area contributed by atoms with Gasteiger partial charge in [-0.05, 0) is 123 Å². The minimum absolute atomic E-state index is 0.290. The topological polar surface area (TPSA) is 111 Å². The fourth-order valence-electron chi connectivity index (χ4n) is 8.15. The summed E-state index contributed by atoms with van der Waals surface area (Å²) in [6, 6.07) is 18.0. The summed E-state index contributed by atoms with van der Waals surface area (Å²) in [5.41, 5.74) is 10.2. The highest BCUT2D eigenvalue weighted by molar-refractivity contribution is 6.12. The normalized spacial score (nSPS) is 23.2. The number of Topliss-reactive ketones (excluding diaryl/α,β-unsaturated/α-hetero) is 1. The molecule has 3 fully saturated rings. The van der Waals surface area contributed by atoms with Gasteiger partial charge in [0, 0.05) is 11.0 Å². The Labute approximate surface area is 250 Å². The third-order valence-electron chi connectivity index (χ3n) is 10.5. The maximum atomic E-state index is 14.5. The van der Waals surface area contributed by atoms with Gasteiger partial charge >= 0.3 is 0 Å². The molecule has 1 spiro atoms. The number of nitrogens with one attached hydrogen (secondary N) is 5. The van der Waals surface area contributed by atoms with E-state index in [1.807, 2.05) is 0 Å². The fourth-order valence-corrected chi connectivity index (χ4v) is 8.15. The van der Waals surface area contributed by atoms with E-state index in [0.29, 0.717) is 17.9 Å². The summed E-state index contributed by atoms with van der Waals surface area (Å²) >= 11 is 0. The Balaban J connectivity index is 1.16. The number of H-pyrrole nitrogens is 2. The van der Waals surface area contributed by atoms with E-state index in [9.17, 15) is 4.79 Å². The summed E-state index contributed by atoms with van der Waals surface area (Å²) in [7, 11) is 0. The van der Waals surface area contributed by atoms with Crippen molar-refractivity contribution in [2.24, 2.45) is 5.41 Å². The van der Waals surface area contributed by atoms with Crippen LogP contribution in [0.1, 0.15) is 78.2 Å². The zero-order valence-corrected chi connectivity index (χ0v) is 24.4. The molecule has 218 valence electrons. The summed E-state index contributed by atoms with van der Waals surface area (Å²) in [6.07, 6.45) is 7.15. The molecule has 0 bridgehead atoms. The second kappa shape index (κ2) is 9.84. The summed E-state index contributed by atoms with van der Waals surface area (Å²) < 4.78 is 0. The molecule has 5 aromatic rings. The van der Waals surface area contributed by atoms with Gasteiger partial charge in [0.15, 0.2) is 5.78 Å². The molecule has 2 aromatic heterocycles. The highest BCUT2D eigenvalue weighted by atomic mass is 16.1. The Bertz CT molecular complexity index is 1880. The number of imidazole rings is 2. The average Bonchev–Trinajstić information content (AvgIpc) is 3.87. The van der Waals surface area contributed by atoms with Crippen LogP contribution in [0.15, 0.2) is 48.5 Å². The summed E-state index contributed by atoms with van der Waals surface area (Å²) in [6.45, 7) is 3.86. The molecule has 1 aliphatic carbocycles. The van der Waals surface area contributed by atoms with Crippen molar-refractivity contribution in [3.63, 3.8) is 0 Å². The Kier molecular flexibility index (Phi) is 5.87. The van der Waals surface area contributed by atoms with Crippen LogP contribution >= 0.6 is 0 Å².